The normalized spacial score (nSPS) is 24.2. The van der Waals surface area contributed by atoms with E-state index in [1.54, 1.807) is 0 Å². The maximum Gasteiger partial charge on any atom is 0.336 e. The summed E-state index contributed by atoms with van der Waals surface area (Å²) in [5, 5.41) is 11.6. The van der Waals surface area contributed by atoms with Crippen molar-refractivity contribution in [3.8, 4) is 0 Å². The zero-order valence-corrected chi connectivity index (χ0v) is 8.77. The molecule has 1 fully saturated rings. The number of carbonyl (C=O) groups excluding carboxylic acids is 1. The van der Waals surface area contributed by atoms with E-state index in [-0.39, 0.29) is 18.8 Å². The second-order valence-corrected chi connectivity index (χ2v) is 3.76. The number of carboxylic acids is 1. The van der Waals surface area contributed by atoms with E-state index in [9.17, 15) is 19.1 Å². The van der Waals surface area contributed by atoms with Crippen LogP contribution in [0.3, 0.4) is 0 Å². The zero-order valence-electron chi connectivity index (χ0n) is 8.77. The molecular weight excluding hydrogens is 229 g/mol. The number of halogens is 1. The van der Waals surface area contributed by atoms with Crippen molar-refractivity contribution in [2.75, 3.05) is 13.2 Å². The number of ether oxygens (including phenoxy) is 1. The summed E-state index contributed by atoms with van der Waals surface area (Å²) in [5.74, 6) is -2.22. The summed E-state index contributed by atoms with van der Waals surface area (Å²) < 4.78 is 17.7. The molecular formula is C11H10FNO4. The van der Waals surface area contributed by atoms with Gasteiger partial charge in [0.2, 0.25) is 5.91 Å². The molecule has 1 heterocycles. The second kappa shape index (κ2) is 4.14. The van der Waals surface area contributed by atoms with Gasteiger partial charge in [0, 0.05) is 0 Å². The number of aliphatic carboxylic acids is 1. The van der Waals surface area contributed by atoms with Gasteiger partial charge in [-0.25, -0.2) is 9.18 Å². The van der Waals surface area contributed by atoms with E-state index in [0.29, 0.717) is 0 Å². The molecule has 1 saturated heterocycles. The fraction of sp³-hybridized carbons (Fsp3) is 0.273. The highest BCUT2D eigenvalue weighted by atomic mass is 19.1. The lowest BCUT2D eigenvalue weighted by molar-refractivity contribution is -0.158. The number of carboxylic acid groups (broad SMARTS) is 1. The summed E-state index contributed by atoms with van der Waals surface area (Å²) in [6.45, 7) is -0.351. The van der Waals surface area contributed by atoms with Crippen molar-refractivity contribution < 1.29 is 23.8 Å². The first-order valence-corrected chi connectivity index (χ1v) is 4.93. The van der Waals surface area contributed by atoms with Crippen molar-refractivity contribution in [2.45, 2.75) is 5.54 Å². The molecule has 1 aromatic carbocycles. The van der Waals surface area contributed by atoms with E-state index < -0.39 is 23.2 Å². The van der Waals surface area contributed by atoms with Crippen molar-refractivity contribution in [2.24, 2.45) is 0 Å². The molecule has 2 N–H and O–H groups in total. The van der Waals surface area contributed by atoms with Crippen LogP contribution in [-0.2, 0) is 19.9 Å². The van der Waals surface area contributed by atoms with Gasteiger partial charge in [-0.05, 0) is 17.7 Å². The van der Waals surface area contributed by atoms with E-state index in [1.165, 1.54) is 12.1 Å². The van der Waals surface area contributed by atoms with Gasteiger partial charge in [0.15, 0.2) is 5.54 Å². The summed E-state index contributed by atoms with van der Waals surface area (Å²) in [6, 6.07) is 4.92. The molecule has 0 spiro atoms. The van der Waals surface area contributed by atoms with Crippen LogP contribution in [0, 0.1) is 5.82 Å². The summed E-state index contributed by atoms with van der Waals surface area (Å²) >= 11 is 0. The quantitative estimate of drug-likeness (QED) is 0.775. The Morgan fingerprint density at radius 3 is 2.59 bits per heavy atom. The predicted molar refractivity (Wildman–Crippen MR) is 54.7 cm³/mol. The molecule has 0 bridgehead atoms. The number of morpholine rings is 1. The first-order valence-electron chi connectivity index (χ1n) is 4.93. The third-order valence-electron chi connectivity index (χ3n) is 2.61. The highest BCUT2D eigenvalue weighted by Gasteiger charge is 2.45. The maximum absolute atomic E-state index is 12.8. The van der Waals surface area contributed by atoms with Gasteiger partial charge < -0.3 is 15.2 Å². The minimum Gasteiger partial charge on any atom is -0.479 e. The Labute approximate surface area is 96.2 Å². The molecule has 17 heavy (non-hydrogen) atoms. The lowest BCUT2D eigenvalue weighted by atomic mass is 9.89. The second-order valence-electron chi connectivity index (χ2n) is 3.76. The number of benzene rings is 1. The molecule has 1 amide bonds. The highest BCUT2D eigenvalue weighted by molar-refractivity contribution is 5.89. The average molecular weight is 239 g/mol. The van der Waals surface area contributed by atoms with Gasteiger partial charge in [0.05, 0.1) is 6.61 Å². The summed E-state index contributed by atoms with van der Waals surface area (Å²) in [5.41, 5.74) is -1.36. The van der Waals surface area contributed by atoms with E-state index in [4.69, 9.17) is 4.74 Å². The fourth-order valence-corrected chi connectivity index (χ4v) is 1.74. The number of carbonyl (C=O) groups is 2. The largest absolute Gasteiger partial charge is 0.479 e. The number of hydrogen-bond acceptors (Lipinski definition) is 3. The van der Waals surface area contributed by atoms with E-state index in [2.05, 4.69) is 5.32 Å². The van der Waals surface area contributed by atoms with Crippen LogP contribution in [-0.4, -0.2) is 30.2 Å². The van der Waals surface area contributed by atoms with E-state index >= 15 is 0 Å². The van der Waals surface area contributed by atoms with Crippen molar-refractivity contribution in [3.05, 3.63) is 35.6 Å². The molecule has 1 atom stereocenters. The maximum atomic E-state index is 12.8. The number of nitrogens with one attached hydrogen (secondary N) is 1. The SMILES string of the molecule is O=C1COCC(C(=O)O)(c2ccc(F)cc2)N1. The predicted octanol–water partition coefficient (Wildman–Crippen LogP) is 0.252. The third kappa shape index (κ3) is 1.99. The van der Waals surface area contributed by atoms with Crippen LogP contribution in [0.25, 0.3) is 0 Å². The van der Waals surface area contributed by atoms with Gasteiger partial charge in [-0.1, -0.05) is 12.1 Å². The van der Waals surface area contributed by atoms with Crippen LogP contribution in [0.2, 0.25) is 0 Å². The average Bonchev–Trinajstić information content (AvgIpc) is 2.29. The van der Waals surface area contributed by atoms with E-state index in [1.807, 2.05) is 0 Å². The molecule has 0 aromatic heterocycles. The van der Waals surface area contributed by atoms with Crippen molar-refractivity contribution in [1.29, 1.82) is 0 Å². The minimum atomic E-state index is -1.64. The first-order chi connectivity index (χ1) is 8.04. The molecule has 0 radical (unpaired) electrons. The third-order valence-corrected chi connectivity index (χ3v) is 2.61. The van der Waals surface area contributed by atoms with Crippen molar-refractivity contribution >= 4 is 11.9 Å². The van der Waals surface area contributed by atoms with Gasteiger partial charge in [0.1, 0.15) is 12.4 Å². The lowest BCUT2D eigenvalue weighted by Gasteiger charge is -2.34. The molecule has 5 nitrogen and oxygen atoms in total. The molecule has 1 aromatic rings. The van der Waals surface area contributed by atoms with Crippen molar-refractivity contribution in [1.82, 2.24) is 5.32 Å². The Balaban J connectivity index is 2.43. The monoisotopic (exact) mass is 239 g/mol. The van der Waals surface area contributed by atoms with Gasteiger partial charge in [-0.3, -0.25) is 4.79 Å². The zero-order chi connectivity index (χ0) is 12.5. The smallest absolute Gasteiger partial charge is 0.336 e. The first kappa shape index (κ1) is 11.5. The molecule has 1 unspecified atom stereocenters. The Morgan fingerprint density at radius 1 is 1.41 bits per heavy atom. The Bertz CT molecular complexity index is 459. The molecule has 1 aliphatic heterocycles. The van der Waals surface area contributed by atoms with Gasteiger partial charge in [0.25, 0.3) is 0 Å². The molecule has 1 aliphatic rings. The van der Waals surface area contributed by atoms with Crippen LogP contribution in [0.1, 0.15) is 5.56 Å². The Kier molecular flexibility index (Phi) is 2.81. The molecule has 90 valence electrons. The highest BCUT2D eigenvalue weighted by Crippen LogP contribution is 2.24. The summed E-state index contributed by atoms with van der Waals surface area (Å²) in [6.07, 6.45) is 0. The number of rotatable bonds is 2. The molecule has 6 heteroatoms. The van der Waals surface area contributed by atoms with E-state index in [0.717, 1.165) is 12.1 Å². The number of amides is 1. The van der Waals surface area contributed by atoms with Crippen molar-refractivity contribution in [3.63, 3.8) is 0 Å². The Hall–Kier alpha value is -1.95. The van der Waals surface area contributed by atoms with Crippen LogP contribution >= 0.6 is 0 Å². The topological polar surface area (TPSA) is 75.6 Å². The van der Waals surface area contributed by atoms with Gasteiger partial charge >= 0.3 is 5.97 Å². The number of hydrogen-bond donors (Lipinski definition) is 2. The van der Waals surface area contributed by atoms with Crippen LogP contribution < -0.4 is 5.32 Å². The van der Waals surface area contributed by atoms with Crippen LogP contribution in [0.5, 0.6) is 0 Å². The minimum absolute atomic E-state index is 0.170. The van der Waals surface area contributed by atoms with Gasteiger partial charge in [-0.15, -0.1) is 0 Å². The lowest BCUT2D eigenvalue weighted by Crippen LogP contribution is -2.59. The van der Waals surface area contributed by atoms with Gasteiger partial charge in [-0.2, -0.15) is 0 Å². The Morgan fingerprint density at radius 2 is 2.06 bits per heavy atom. The van der Waals surface area contributed by atoms with Crippen LogP contribution in [0.15, 0.2) is 24.3 Å². The standard InChI is InChI=1S/C11H10FNO4/c12-8-3-1-7(2-4-8)11(10(15)16)6-17-5-9(14)13-11/h1-4H,5-6H2,(H,13,14)(H,15,16). The molecule has 0 aliphatic carbocycles. The molecule has 2 rings (SSSR count). The van der Waals surface area contributed by atoms with Crippen LogP contribution in [0.4, 0.5) is 4.39 Å². The fourth-order valence-electron chi connectivity index (χ4n) is 1.74. The molecule has 0 saturated carbocycles. The summed E-state index contributed by atoms with van der Waals surface area (Å²) in [7, 11) is 0. The summed E-state index contributed by atoms with van der Waals surface area (Å²) in [4.78, 5) is 22.6.